The van der Waals surface area contributed by atoms with E-state index in [1.165, 1.54) is 5.56 Å². The Morgan fingerprint density at radius 3 is 2.93 bits per heavy atom. The van der Waals surface area contributed by atoms with Gasteiger partial charge in [-0.2, -0.15) is 0 Å². The van der Waals surface area contributed by atoms with Crippen molar-refractivity contribution in [1.29, 1.82) is 0 Å². The maximum Gasteiger partial charge on any atom is 0.0501 e. The molecule has 2 heterocycles. The van der Waals surface area contributed by atoms with E-state index in [1.807, 2.05) is 12.3 Å². The van der Waals surface area contributed by atoms with Gasteiger partial charge in [0.15, 0.2) is 0 Å². The third-order valence-corrected chi connectivity index (χ3v) is 3.67. The second-order valence-electron chi connectivity index (χ2n) is 4.44. The minimum absolute atomic E-state index is 0.307. The molecule has 0 N–H and O–H groups in total. The van der Waals surface area contributed by atoms with E-state index in [9.17, 15) is 0 Å². The molecule has 0 amide bonds. The van der Waals surface area contributed by atoms with Crippen molar-refractivity contribution in [3.05, 3.63) is 29.6 Å². The molecule has 2 unspecified atom stereocenters. The van der Waals surface area contributed by atoms with Crippen LogP contribution in [-0.2, 0) is 6.54 Å². The molecule has 3 heteroatoms. The fourth-order valence-corrected chi connectivity index (χ4v) is 2.35. The van der Waals surface area contributed by atoms with Crippen LogP contribution in [0.2, 0.25) is 0 Å². The van der Waals surface area contributed by atoms with E-state index in [2.05, 4.69) is 29.8 Å². The number of aromatic nitrogens is 1. The highest BCUT2D eigenvalue weighted by Crippen LogP contribution is 2.23. The number of hydrogen-bond donors (Lipinski definition) is 0. The van der Waals surface area contributed by atoms with Gasteiger partial charge in [0.2, 0.25) is 0 Å². The molecule has 82 valence electrons. The topological polar surface area (TPSA) is 16.1 Å². The molecule has 1 aliphatic heterocycles. The molecule has 0 aliphatic carbocycles. The number of likely N-dealkylation sites (tertiary alicyclic amines) is 1. The summed E-state index contributed by atoms with van der Waals surface area (Å²) in [5, 5.41) is 0.307. The molecule has 1 saturated heterocycles. The minimum Gasteiger partial charge on any atom is -0.297 e. The molecule has 0 saturated carbocycles. The molecule has 1 aromatic rings. The summed E-state index contributed by atoms with van der Waals surface area (Å²) in [5.41, 5.74) is 2.44. The average molecular weight is 225 g/mol. The number of aryl methyl sites for hydroxylation is 1. The zero-order chi connectivity index (χ0) is 10.8. The Hall–Kier alpha value is -0.600. The van der Waals surface area contributed by atoms with Crippen LogP contribution in [0.4, 0.5) is 0 Å². The minimum atomic E-state index is 0.307. The smallest absolute Gasteiger partial charge is 0.0501 e. The van der Waals surface area contributed by atoms with Crippen molar-refractivity contribution in [2.24, 2.45) is 5.92 Å². The van der Waals surface area contributed by atoms with Gasteiger partial charge in [-0.3, -0.25) is 9.88 Å². The Balaban J connectivity index is 2.01. The van der Waals surface area contributed by atoms with Gasteiger partial charge < -0.3 is 0 Å². The molecule has 1 aliphatic rings. The zero-order valence-electron chi connectivity index (χ0n) is 9.28. The fraction of sp³-hybridized carbons (Fsp3) is 0.583. The molecule has 0 spiro atoms. The molecule has 2 nitrogen and oxygen atoms in total. The Morgan fingerprint density at radius 2 is 2.33 bits per heavy atom. The summed E-state index contributed by atoms with van der Waals surface area (Å²) in [7, 11) is 0. The van der Waals surface area contributed by atoms with E-state index < -0.39 is 0 Å². The molecule has 1 fully saturated rings. The summed E-state index contributed by atoms with van der Waals surface area (Å²) < 4.78 is 0. The van der Waals surface area contributed by atoms with E-state index in [4.69, 9.17) is 11.6 Å². The van der Waals surface area contributed by atoms with E-state index >= 15 is 0 Å². The largest absolute Gasteiger partial charge is 0.297 e. The van der Waals surface area contributed by atoms with Gasteiger partial charge in [0.25, 0.3) is 0 Å². The summed E-state index contributed by atoms with van der Waals surface area (Å²) in [4.78, 5) is 6.71. The molecule has 0 bridgehead atoms. The lowest BCUT2D eigenvalue weighted by Gasteiger charge is -2.16. The SMILES string of the molecule is Cc1ncccc1CN1CC(C)C(Cl)C1. The maximum absolute atomic E-state index is 6.21. The lowest BCUT2D eigenvalue weighted by Crippen LogP contribution is -2.21. The first-order valence-corrected chi connectivity index (χ1v) is 5.87. The van der Waals surface area contributed by atoms with Crippen molar-refractivity contribution in [3.8, 4) is 0 Å². The van der Waals surface area contributed by atoms with E-state index in [1.54, 1.807) is 0 Å². The Kier molecular flexibility index (Phi) is 3.27. The Morgan fingerprint density at radius 1 is 1.53 bits per heavy atom. The highest BCUT2D eigenvalue weighted by Gasteiger charge is 2.27. The summed E-state index contributed by atoms with van der Waals surface area (Å²) in [6.45, 7) is 7.35. The van der Waals surface area contributed by atoms with Crippen LogP contribution >= 0.6 is 11.6 Å². The standard InChI is InChI=1S/C12H17ClN2/c1-9-6-15(8-12(9)13)7-11-4-3-5-14-10(11)2/h3-5,9,12H,6-8H2,1-2H3. The number of pyridine rings is 1. The summed E-state index contributed by atoms with van der Waals surface area (Å²) in [6, 6.07) is 4.15. The van der Waals surface area contributed by atoms with Gasteiger partial charge in [0, 0.05) is 31.5 Å². The van der Waals surface area contributed by atoms with Crippen molar-refractivity contribution < 1.29 is 0 Å². The van der Waals surface area contributed by atoms with Gasteiger partial charge >= 0.3 is 0 Å². The van der Waals surface area contributed by atoms with Crippen LogP contribution < -0.4 is 0 Å². The third-order valence-electron chi connectivity index (χ3n) is 3.11. The third kappa shape index (κ3) is 2.50. The van der Waals surface area contributed by atoms with Crippen molar-refractivity contribution in [3.63, 3.8) is 0 Å². The van der Waals surface area contributed by atoms with Gasteiger partial charge in [-0.05, 0) is 24.5 Å². The average Bonchev–Trinajstić information content (AvgIpc) is 2.50. The second kappa shape index (κ2) is 4.50. The summed E-state index contributed by atoms with van der Waals surface area (Å²) in [5.74, 6) is 0.601. The Bertz CT molecular complexity index is 330. The van der Waals surface area contributed by atoms with Crippen molar-refractivity contribution in [2.75, 3.05) is 13.1 Å². The summed E-state index contributed by atoms with van der Waals surface area (Å²) in [6.07, 6.45) is 1.84. The van der Waals surface area contributed by atoms with Crippen LogP contribution in [-0.4, -0.2) is 28.4 Å². The van der Waals surface area contributed by atoms with Crippen molar-refractivity contribution in [2.45, 2.75) is 25.8 Å². The molecule has 1 aromatic heterocycles. The monoisotopic (exact) mass is 224 g/mol. The normalized spacial score (nSPS) is 27.1. The van der Waals surface area contributed by atoms with Crippen LogP contribution in [0.3, 0.4) is 0 Å². The summed E-state index contributed by atoms with van der Waals surface area (Å²) >= 11 is 6.21. The zero-order valence-corrected chi connectivity index (χ0v) is 10.0. The van der Waals surface area contributed by atoms with Crippen LogP contribution in [0.25, 0.3) is 0 Å². The molecular formula is C12H17ClN2. The first kappa shape index (κ1) is 10.9. The predicted molar refractivity (Wildman–Crippen MR) is 63.1 cm³/mol. The number of alkyl halides is 1. The van der Waals surface area contributed by atoms with Crippen molar-refractivity contribution in [1.82, 2.24) is 9.88 Å². The van der Waals surface area contributed by atoms with Crippen LogP contribution in [0.1, 0.15) is 18.2 Å². The van der Waals surface area contributed by atoms with Gasteiger partial charge in [-0.25, -0.2) is 0 Å². The lowest BCUT2D eigenvalue weighted by molar-refractivity contribution is 0.319. The molecule has 2 atom stereocenters. The highest BCUT2D eigenvalue weighted by atomic mass is 35.5. The lowest BCUT2D eigenvalue weighted by atomic mass is 10.1. The molecule has 15 heavy (non-hydrogen) atoms. The molecule has 0 radical (unpaired) electrons. The first-order valence-electron chi connectivity index (χ1n) is 5.43. The second-order valence-corrected chi connectivity index (χ2v) is 5.00. The first-order chi connectivity index (χ1) is 7.16. The maximum atomic E-state index is 6.21. The van der Waals surface area contributed by atoms with Crippen LogP contribution in [0.15, 0.2) is 18.3 Å². The van der Waals surface area contributed by atoms with Gasteiger partial charge in [-0.1, -0.05) is 13.0 Å². The van der Waals surface area contributed by atoms with E-state index in [0.717, 1.165) is 25.3 Å². The highest BCUT2D eigenvalue weighted by molar-refractivity contribution is 6.21. The quantitative estimate of drug-likeness (QED) is 0.718. The fourth-order valence-electron chi connectivity index (χ4n) is 2.08. The number of hydrogen-bond acceptors (Lipinski definition) is 2. The predicted octanol–water partition coefficient (Wildman–Crippen LogP) is 2.45. The van der Waals surface area contributed by atoms with E-state index in [0.29, 0.717) is 11.3 Å². The van der Waals surface area contributed by atoms with Crippen LogP contribution in [0, 0.1) is 12.8 Å². The van der Waals surface area contributed by atoms with Gasteiger partial charge in [0.05, 0.1) is 5.38 Å². The van der Waals surface area contributed by atoms with E-state index in [-0.39, 0.29) is 0 Å². The van der Waals surface area contributed by atoms with Gasteiger partial charge in [0.1, 0.15) is 0 Å². The number of halogens is 1. The molecular weight excluding hydrogens is 208 g/mol. The van der Waals surface area contributed by atoms with Gasteiger partial charge in [-0.15, -0.1) is 11.6 Å². The van der Waals surface area contributed by atoms with Crippen molar-refractivity contribution >= 4 is 11.6 Å². The number of nitrogens with zero attached hydrogens (tertiary/aromatic N) is 2. The molecule has 2 rings (SSSR count). The molecule has 0 aromatic carbocycles. The Labute approximate surface area is 96.3 Å². The number of rotatable bonds is 2. The van der Waals surface area contributed by atoms with Crippen LogP contribution in [0.5, 0.6) is 0 Å².